The summed E-state index contributed by atoms with van der Waals surface area (Å²) in [6, 6.07) is 12.6. The van der Waals surface area contributed by atoms with Gasteiger partial charge in [-0.25, -0.2) is 8.42 Å². The number of benzene rings is 2. The molecule has 0 saturated carbocycles. The number of nitrogens with zero attached hydrogens (tertiary/aromatic N) is 2. The minimum Gasteiger partial charge on any atom is -0.493 e. The Bertz CT molecular complexity index is 1130. The van der Waals surface area contributed by atoms with Gasteiger partial charge < -0.3 is 14.4 Å². The van der Waals surface area contributed by atoms with Crippen LogP contribution < -0.4 is 14.4 Å². The number of rotatable bonds is 5. The van der Waals surface area contributed by atoms with Gasteiger partial charge >= 0.3 is 0 Å². The molecule has 10 heteroatoms. The maximum Gasteiger partial charge on any atom is 0.252 e. The Balaban J connectivity index is 1.60. The molecular weight excluding hydrogens is 504 g/mol. The fourth-order valence-corrected chi connectivity index (χ4v) is 7.98. The van der Waals surface area contributed by atoms with Gasteiger partial charge in [-0.15, -0.1) is 0 Å². The second kappa shape index (κ2) is 8.84. The van der Waals surface area contributed by atoms with E-state index in [-0.39, 0.29) is 35.1 Å². The Labute approximate surface area is 193 Å². The number of methoxy groups -OCH3 is 2. The first-order valence-electron chi connectivity index (χ1n) is 9.54. The summed E-state index contributed by atoms with van der Waals surface area (Å²) in [5, 5.41) is 0.402. The molecule has 0 aromatic heterocycles. The fourth-order valence-electron chi connectivity index (χ4n) is 3.78. The number of halogens is 1. The van der Waals surface area contributed by atoms with Crippen molar-refractivity contribution < 1.29 is 22.7 Å². The van der Waals surface area contributed by atoms with E-state index < -0.39 is 9.84 Å². The lowest BCUT2D eigenvalue weighted by atomic mass is 10.1. The molecule has 0 N–H and O–H groups in total. The highest BCUT2D eigenvalue weighted by atomic mass is 79.9. The van der Waals surface area contributed by atoms with Crippen LogP contribution in [0.3, 0.4) is 0 Å². The van der Waals surface area contributed by atoms with Crippen LogP contribution >= 0.6 is 27.7 Å². The van der Waals surface area contributed by atoms with E-state index >= 15 is 0 Å². The summed E-state index contributed by atoms with van der Waals surface area (Å²) < 4.78 is 35.8. The molecule has 2 aromatic rings. The zero-order valence-corrected chi connectivity index (χ0v) is 20.2. The molecule has 0 radical (unpaired) electrons. The quantitative estimate of drug-likeness (QED) is 0.592. The van der Waals surface area contributed by atoms with E-state index in [0.29, 0.717) is 16.7 Å². The van der Waals surface area contributed by atoms with Crippen molar-refractivity contribution in [2.24, 2.45) is 4.99 Å². The molecule has 0 bridgehead atoms. The zero-order chi connectivity index (χ0) is 22.2. The number of amides is 1. The molecule has 0 spiro atoms. The van der Waals surface area contributed by atoms with Crippen LogP contribution in [0.1, 0.15) is 5.56 Å². The van der Waals surface area contributed by atoms with Gasteiger partial charge in [-0.1, -0.05) is 33.8 Å². The third kappa shape index (κ3) is 4.75. The van der Waals surface area contributed by atoms with Gasteiger partial charge in [0.15, 0.2) is 26.5 Å². The third-order valence-corrected chi connectivity index (χ3v) is 8.93. The van der Waals surface area contributed by atoms with E-state index in [2.05, 4.69) is 20.9 Å². The molecule has 2 atom stereocenters. The van der Waals surface area contributed by atoms with Gasteiger partial charge in [-0.05, 0) is 42.0 Å². The molecule has 164 valence electrons. The predicted molar refractivity (Wildman–Crippen MR) is 126 cm³/mol. The zero-order valence-electron chi connectivity index (χ0n) is 16.9. The second-order valence-electron chi connectivity index (χ2n) is 7.30. The van der Waals surface area contributed by atoms with Crippen LogP contribution in [-0.2, 0) is 21.1 Å². The Kier molecular flexibility index (Phi) is 6.32. The number of anilines is 1. The molecule has 2 saturated heterocycles. The van der Waals surface area contributed by atoms with Crippen LogP contribution in [0.2, 0.25) is 0 Å². The molecule has 2 aromatic carbocycles. The molecule has 2 aliphatic rings. The molecule has 2 aliphatic heterocycles. The van der Waals surface area contributed by atoms with Crippen LogP contribution in [0.25, 0.3) is 0 Å². The second-order valence-corrected chi connectivity index (χ2v) is 11.6. The molecule has 4 rings (SSSR count). The van der Waals surface area contributed by atoms with E-state index in [1.165, 1.54) is 11.8 Å². The van der Waals surface area contributed by atoms with Gasteiger partial charge in [0.05, 0.1) is 38.2 Å². The van der Waals surface area contributed by atoms with Crippen LogP contribution in [0.15, 0.2) is 51.9 Å². The van der Waals surface area contributed by atoms with Crippen LogP contribution in [0.5, 0.6) is 11.5 Å². The monoisotopic (exact) mass is 524 g/mol. The summed E-state index contributed by atoms with van der Waals surface area (Å²) in [6.45, 7) is 0. The molecule has 0 aliphatic carbocycles. The summed E-state index contributed by atoms with van der Waals surface area (Å²) in [5.41, 5.74) is 1.57. The summed E-state index contributed by atoms with van der Waals surface area (Å²) in [7, 11) is -0.00810. The van der Waals surface area contributed by atoms with Gasteiger partial charge in [0.2, 0.25) is 0 Å². The maximum absolute atomic E-state index is 12.8. The number of thioether (sulfide) groups is 1. The van der Waals surface area contributed by atoms with Gasteiger partial charge in [0.25, 0.3) is 5.91 Å². The predicted octanol–water partition coefficient (Wildman–Crippen LogP) is 3.31. The lowest BCUT2D eigenvalue weighted by molar-refractivity contribution is -0.117. The number of ether oxygens (including phenoxy) is 2. The topological polar surface area (TPSA) is 85.3 Å². The Morgan fingerprint density at radius 3 is 2.52 bits per heavy atom. The van der Waals surface area contributed by atoms with Gasteiger partial charge in [-0.3, -0.25) is 4.79 Å². The summed E-state index contributed by atoms with van der Waals surface area (Å²) in [6.07, 6.45) is 0.103. The number of carbonyl (C=O) groups excluding carboxylic acids is 1. The lowest BCUT2D eigenvalue weighted by Crippen LogP contribution is -2.37. The first-order chi connectivity index (χ1) is 14.8. The number of aliphatic imine (C=N–C) groups is 1. The maximum atomic E-state index is 12.8. The van der Waals surface area contributed by atoms with Gasteiger partial charge in [0, 0.05) is 15.4 Å². The fraction of sp³-hybridized carbons (Fsp3) is 0.333. The first kappa shape index (κ1) is 22.2. The molecule has 2 fully saturated rings. The van der Waals surface area contributed by atoms with Crippen molar-refractivity contribution in [2.75, 3.05) is 30.6 Å². The van der Waals surface area contributed by atoms with E-state index in [0.717, 1.165) is 15.7 Å². The summed E-state index contributed by atoms with van der Waals surface area (Å²) in [4.78, 5) is 19.0. The standard InChI is InChI=1S/C21H21BrN2O5S2/c1-28-17-8-3-13(9-18(17)29-2)10-20(25)23-21-24(15-6-4-14(22)5-7-15)16-11-31(26,27)12-19(16)30-21/h3-9,16,19H,10-12H2,1-2H3/t16-,19-/m0/s1. The minimum absolute atomic E-state index is 0.0591. The average Bonchev–Trinajstić information content (AvgIpc) is 3.19. The number of sulfone groups is 1. The molecule has 0 unspecified atom stereocenters. The van der Waals surface area contributed by atoms with Crippen LogP contribution in [0.4, 0.5) is 5.69 Å². The summed E-state index contributed by atoms with van der Waals surface area (Å²) >= 11 is 4.78. The third-order valence-electron chi connectivity index (χ3n) is 5.20. The van der Waals surface area contributed by atoms with Crippen molar-refractivity contribution in [1.82, 2.24) is 0 Å². The average molecular weight is 525 g/mol. The number of fused-ring (bicyclic) bond motifs is 1. The van der Waals surface area contributed by atoms with E-state index in [1.54, 1.807) is 32.4 Å². The molecule has 2 heterocycles. The number of carbonyl (C=O) groups is 1. The molecule has 1 amide bonds. The highest BCUT2D eigenvalue weighted by Crippen LogP contribution is 2.41. The molecule has 31 heavy (non-hydrogen) atoms. The Morgan fingerprint density at radius 1 is 1.13 bits per heavy atom. The number of amidine groups is 1. The first-order valence-corrected chi connectivity index (χ1v) is 13.0. The van der Waals surface area contributed by atoms with Crippen LogP contribution in [0, 0.1) is 0 Å². The van der Waals surface area contributed by atoms with Crippen molar-refractivity contribution >= 4 is 54.3 Å². The van der Waals surface area contributed by atoms with E-state index in [9.17, 15) is 13.2 Å². The van der Waals surface area contributed by atoms with E-state index in [1.807, 2.05) is 29.2 Å². The minimum atomic E-state index is -3.11. The van der Waals surface area contributed by atoms with Crippen molar-refractivity contribution in [2.45, 2.75) is 17.7 Å². The van der Waals surface area contributed by atoms with Crippen LogP contribution in [-0.4, -0.2) is 56.5 Å². The van der Waals surface area contributed by atoms with E-state index in [4.69, 9.17) is 9.47 Å². The molecule has 7 nitrogen and oxygen atoms in total. The lowest BCUT2D eigenvalue weighted by Gasteiger charge is -2.24. The van der Waals surface area contributed by atoms with Crippen molar-refractivity contribution in [3.8, 4) is 11.5 Å². The highest BCUT2D eigenvalue weighted by Gasteiger charge is 2.49. The number of hydrogen-bond donors (Lipinski definition) is 0. The van der Waals surface area contributed by atoms with Crippen molar-refractivity contribution in [1.29, 1.82) is 0 Å². The number of hydrogen-bond acceptors (Lipinski definition) is 6. The van der Waals surface area contributed by atoms with Crippen molar-refractivity contribution in [3.05, 3.63) is 52.5 Å². The Morgan fingerprint density at radius 2 is 1.84 bits per heavy atom. The summed E-state index contributed by atoms with van der Waals surface area (Å²) in [5.74, 6) is 0.986. The largest absolute Gasteiger partial charge is 0.493 e. The van der Waals surface area contributed by atoms with Crippen molar-refractivity contribution in [3.63, 3.8) is 0 Å². The smallest absolute Gasteiger partial charge is 0.252 e. The SMILES string of the molecule is COc1ccc(CC(=O)N=C2S[C@H]3CS(=O)(=O)C[C@@H]3N2c2ccc(Br)cc2)cc1OC. The Hall–Kier alpha value is -2.04. The van der Waals surface area contributed by atoms with Gasteiger partial charge in [-0.2, -0.15) is 4.99 Å². The normalized spacial score (nSPS) is 23.1. The highest BCUT2D eigenvalue weighted by molar-refractivity contribution is 9.10. The van der Waals surface area contributed by atoms with Gasteiger partial charge in [0.1, 0.15) is 0 Å². The molecular formula is C21H21BrN2O5S2.